The van der Waals surface area contributed by atoms with Crippen LogP contribution in [0.4, 0.5) is 0 Å². The van der Waals surface area contributed by atoms with Gasteiger partial charge in [0.2, 0.25) is 10.0 Å². The second-order valence-corrected chi connectivity index (χ2v) is 8.24. The Morgan fingerprint density at radius 2 is 1.32 bits per heavy atom. The number of rotatable bonds is 10. The third-order valence-corrected chi connectivity index (χ3v) is 6.30. The van der Waals surface area contributed by atoms with Crippen LogP contribution in [0.1, 0.15) is 55.2 Å². The molecule has 5 nitrogen and oxygen atoms in total. The van der Waals surface area contributed by atoms with E-state index in [1.54, 1.807) is 0 Å². The van der Waals surface area contributed by atoms with Crippen LogP contribution in [0.5, 0.6) is 0 Å². The third kappa shape index (κ3) is 6.16. The van der Waals surface area contributed by atoms with Gasteiger partial charge in [-0.2, -0.15) is 14.8 Å². The summed E-state index contributed by atoms with van der Waals surface area (Å²) in [6.07, 6.45) is 3.57. The molecule has 0 unspecified atom stereocenters. The second kappa shape index (κ2) is 10.2. The summed E-state index contributed by atoms with van der Waals surface area (Å²) in [6, 6.07) is 7.97. The van der Waals surface area contributed by atoms with Crippen LogP contribution in [0, 0.1) is 43.4 Å². The maximum atomic E-state index is 13.2. The van der Waals surface area contributed by atoms with E-state index < -0.39 is 10.0 Å². The third-order valence-electron chi connectivity index (χ3n) is 4.09. The van der Waals surface area contributed by atoms with Gasteiger partial charge in [-0.25, -0.2) is 8.42 Å². The maximum Gasteiger partial charge on any atom is 0.243 e. The number of nitrogens with zero attached hydrogens (tertiary/aromatic N) is 3. The van der Waals surface area contributed by atoms with Gasteiger partial charge in [0, 0.05) is 25.9 Å². The number of hydrogen-bond acceptors (Lipinski definition) is 4. The molecule has 0 N–H and O–H groups in total. The quantitative estimate of drug-likeness (QED) is 0.590. The van der Waals surface area contributed by atoms with E-state index in [-0.39, 0.29) is 0 Å². The first-order valence-electron chi connectivity index (χ1n) is 8.66. The SMILES string of the molecule is Cc1cc(C)c(S(=O)(=O)N(CCCCC#N)CCCCC#N)c(C)c1. The van der Waals surface area contributed by atoms with Crippen LogP contribution in [0.2, 0.25) is 0 Å². The lowest BCUT2D eigenvalue weighted by Gasteiger charge is -2.24. The van der Waals surface area contributed by atoms with Crippen LogP contribution in [0.15, 0.2) is 17.0 Å². The highest BCUT2D eigenvalue weighted by Crippen LogP contribution is 2.26. The first-order chi connectivity index (χ1) is 11.8. The lowest BCUT2D eigenvalue weighted by Crippen LogP contribution is -2.34. The zero-order valence-corrected chi connectivity index (χ0v) is 16.2. The average molecular weight is 362 g/mol. The number of hydrogen-bond donors (Lipinski definition) is 0. The molecule has 0 spiro atoms. The minimum Gasteiger partial charge on any atom is -0.207 e. The monoisotopic (exact) mass is 361 g/mol. The molecule has 136 valence electrons. The van der Waals surface area contributed by atoms with Crippen molar-refractivity contribution in [1.82, 2.24) is 4.31 Å². The summed E-state index contributed by atoms with van der Waals surface area (Å²) in [5.74, 6) is 0. The predicted octanol–water partition coefficient (Wildman–Crippen LogP) is 3.99. The highest BCUT2D eigenvalue weighted by atomic mass is 32.2. The summed E-state index contributed by atoms with van der Waals surface area (Å²) in [5.41, 5.74) is 2.57. The van der Waals surface area contributed by atoms with Gasteiger partial charge < -0.3 is 0 Å². The van der Waals surface area contributed by atoms with Crippen molar-refractivity contribution < 1.29 is 8.42 Å². The molecule has 0 aromatic heterocycles. The summed E-state index contributed by atoms with van der Waals surface area (Å²) in [5, 5.41) is 17.3. The summed E-state index contributed by atoms with van der Waals surface area (Å²) in [6.45, 7) is 6.43. The Morgan fingerprint density at radius 3 is 1.72 bits per heavy atom. The molecular weight excluding hydrogens is 334 g/mol. The molecule has 0 bridgehead atoms. The highest BCUT2D eigenvalue weighted by molar-refractivity contribution is 7.89. The van der Waals surface area contributed by atoms with Gasteiger partial charge in [0.1, 0.15) is 0 Å². The van der Waals surface area contributed by atoms with Crippen molar-refractivity contribution >= 4 is 10.0 Å². The minimum absolute atomic E-state index is 0.388. The van der Waals surface area contributed by atoms with E-state index in [2.05, 4.69) is 12.1 Å². The van der Waals surface area contributed by atoms with Gasteiger partial charge in [-0.15, -0.1) is 0 Å². The fourth-order valence-corrected chi connectivity index (χ4v) is 4.97. The van der Waals surface area contributed by atoms with Crippen molar-refractivity contribution in [3.05, 3.63) is 28.8 Å². The molecule has 1 aromatic carbocycles. The fraction of sp³-hybridized carbons (Fsp3) is 0.579. The van der Waals surface area contributed by atoms with Crippen molar-refractivity contribution in [2.24, 2.45) is 0 Å². The van der Waals surface area contributed by atoms with Gasteiger partial charge >= 0.3 is 0 Å². The topological polar surface area (TPSA) is 85.0 Å². The number of sulfonamides is 1. The van der Waals surface area contributed by atoms with Gasteiger partial charge in [0.05, 0.1) is 17.0 Å². The summed E-state index contributed by atoms with van der Waals surface area (Å²) in [4.78, 5) is 0.388. The molecule has 25 heavy (non-hydrogen) atoms. The predicted molar refractivity (Wildman–Crippen MR) is 98.3 cm³/mol. The molecule has 0 fully saturated rings. The lowest BCUT2D eigenvalue weighted by atomic mass is 10.1. The highest BCUT2D eigenvalue weighted by Gasteiger charge is 2.27. The van der Waals surface area contributed by atoms with Crippen LogP contribution in [-0.4, -0.2) is 25.8 Å². The van der Waals surface area contributed by atoms with Crippen LogP contribution >= 0.6 is 0 Å². The molecule has 0 saturated carbocycles. The van der Waals surface area contributed by atoms with Gasteiger partial charge in [-0.1, -0.05) is 17.7 Å². The number of aryl methyl sites for hydroxylation is 3. The van der Waals surface area contributed by atoms with E-state index in [0.29, 0.717) is 56.5 Å². The van der Waals surface area contributed by atoms with Crippen LogP contribution < -0.4 is 0 Å². The maximum absolute atomic E-state index is 13.2. The molecule has 1 aromatic rings. The van der Waals surface area contributed by atoms with E-state index in [4.69, 9.17) is 10.5 Å². The van der Waals surface area contributed by atoms with Crippen molar-refractivity contribution in [3.8, 4) is 12.1 Å². The fourth-order valence-electron chi connectivity index (χ4n) is 3.04. The molecule has 0 aliphatic heterocycles. The number of benzene rings is 1. The Kier molecular flexibility index (Phi) is 8.61. The average Bonchev–Trinajstić information content (AvgIpc) is 2.51. The van der Waals surface area contributed by atoms with Crippen molar-refractivity contribution in [3.63, 3.8) is 0 Å². The van der Waals surface area contributed by atoms with Gasteiger partial charge in [-0.3, -0.25) is 0 Å². The standard InChI is InChI=1S/C19H27N3O2S/c1-16-14-17(2)19(18(3)15-16)25(23,24)22(12-8-4-6-10-20)13-9-5-7-11-21/h14-15H,4-9,12-13H2,1-3H3. The Bertz CT molecular complexity index is 713. The summed E-state index contributed by atoms with van der Waals surface area (Å²) in [7, 11) is -3.59. The van der Waals surface area contributed by atoms with E-state index in [1.165, 1.54) is 4.31 Å². The molecule has 1 rings (SSSR count). The molecule has 0 radical (unpaired) electrons. The largest absolute Gasteiger partial charge is 0.243 e. The van der Waals surface area contributed by atoms with E-state index in [9.17, 15) is 8.42 Å². The molecule has 0 atom stereocenters. The van der Waals surface area contributed by atoms with Crippen molar-refractivity contribution in [1.29, 1.82) is 10.5 Å². The molecule has 0 aliphatic rings. The Hall–Kier alpha value is -1.89. The molecule has 0 saturated heterocycles. The van der Waals surface area contributed by atoms with Gasteiger partial charge in [0.25, 0.3) is 0 Å². The zero-order valence-electron chi connectivity index (χ0n) is 15.4. The minimum atomic E-state index is -3.59. The van der Waals surface area contributed by atoms with E-state index in [0.717, 1.165) is 16.7 Å². The molecule has 6 heteroatoms. The first-order valence-corrected chi connectivity index (χ1v) is 10.1. The Labute approximate surface area is 151 Å². The first kappa shape index (κ1) is 21.2. The number of unbranched alkanes of at least 4 members (excludes halogenated alkanes) is 4. The Balaban J connectivity index is 3.05. The number of nitriles is 2. The Morgan fingerprint density at radius 1 is 0.880 bits per heavy atom. The molecular formula is C19H27N3O2S. The zero-order chi connectivity index (χ0) is 18.9. The van der Waals surface area contributed by atoms with Gasteiger partial charge in [0.15, 0.2) is 0 Å². The van der Waals surface area contributed by atoms with Crippen molar-refractivity contribution in [2.45, 2.75) is 64.2 Å². The smallest absolute Gasteiger partial charge is 0.207 e. The normalized spacial score (nSPS) is 11.3. The second-order valence-electron chi connectivity index (χ2n) is 6.36. The summed E-state index contributed by atoms with van der Waals surface area (Å²) < 4.78 is 27.9. The van der Waals surface area contributed by atoms with Crippen LogP contribution in [0.25, 0.3) is 0 Å². The molecule has 0 heterocycles. The van der Waals surface area contributed by atoms with Crippen molar-refractivity contribution in [2.75, 3.05) is 13.1 Å². The van der Waals surface area contributed by atoms with E-state index >= 15 is 0 Å². The lowest BCUT2D eigenvalue weighted by molar-refractivity contribution is 0.391. The van der Waals surface area contributed by atoms with Crippen LogP contribution in [0.3, 0.4) is 0 Å². The van der Waals surface area contributed by atoms with Crippen LogP contribution in [-0.2, 0) is 10.0 Å². The molecule has 0 amide bonds. The summed E-state index contributed by atoms with van der Waals surface area (Å²) >= 11 is 0. The van der Waals surface area contributed by atoms with Gasteiger partial charge in [-0.05, 0) is 57.6 Å². The van der Waals surface area contributed by atoms with E-state index in [1.807, 2.05) is 32.9 Å². The molecule has 0 aliphatic carbocycles.